The number of benzene rings is 2. The van der Waals surface area contributed by atoms with Gasteiger partial charge in [-0.2, -0.15) is 0 Å². The summed E-state index contributed by atoms with van der Waals surface area (Å²) >= 11 is 0. The summed E-state index contributed by atoms with van der Waals surface area (Å²) in [4.78, 5) is 0. The van der Waals surface area contributed by atoms with E-state index in [1.54, 1.807) is 13.2 Å². The summed E-state index contributed by atoms with van der Waals surface area (Å²) in [5.74, 6) is 2.38. The van der Waals surface area contributed by atoms with Crippen molar-refractivity contribution in [1.82, 2.24) is 0 Å². The van der Waals surface area contributed by atoms with Crippen molar-refractivity contribution in [3.63, 3.8) is 0 Å². The molecule has 3 rings (SSSR count). The Morgan fingerprint density at radius 2 is 1.84 bits per heavy atom. The Hall–Kier alpha value is -2.26. The highest BCUT2D eigenvalue weighted by molar-refractivity contribution is 5.61. The second kappa shape index (κ2) is 8.72. The molecule has 3 heteroatoms. The number of hydrogen-bond donors (Lipinski definition) is 1. The zero-order valence-electron chi connectivity index (χ0n) is 14.8. The molecule has 0 spiro atoms. The summed E-state index contributed by atoms with van der Waals surface area (Å²) in [6, 6.07) is 14.3. The first-order valence-corrected chi connectivity index (χ1v) is 8.98. The quantitative estimate of drug-likeness (QED) is 0.777. The lowest BCUT2D eigenvalue weighted by Crippen LogP contribution is -2.03. The van der Waals surface area contributed by atoms with E-state index in [0.717, 1.165) is 22.6 Å². The highest BCUT2D eigenvalue weighted by Crippen LogP contribution is 2.40. The molecule has 1 aliphatic carbocycles. The third kappa shape index (κ3) is 4.43. The first-order chi connectivity index (χ1) is 12.3. The molecule has 2 aromatic rings. The van der Waals surface area contributed by atoms with E-state index in [4.69, 9.17) is 14.6 Å². The van der Waals surface area contributed by atoms with Crippen molar-refractivity contribution in [2.75, 3.05) is 13.7 Å². The van der Waals surface area contributed by atoms with Crippen molar-refractivity contribution in [3.8, 4) is 11.5 Å². The molecule has 0 saturated heterocycles. The van der Waals surface area contributed by atoms with Crippen LogP contribution in [-0.2, 0) is 6.61 Å². The summed E-state index contributed by atoms with van der Waals surface area (Å²) in [5, 5.41) is 9.12. The molecule has 0 radical (unpaired) electrons. The molecule has 0 aromatic heterocycles. The van der Waals surface area contributed by atoms with Crippen LogP contribution in [0, 0.1) is 0 Å². The van der Waals surface area contributed by atoms with Crippen LogP contribution in [-0.4, -0.2) is 18.8 Å². The van der Waals surface area contributed by atoms with Crippen molar-refractivity contribution in [1.29, 1.82) is 0 Å². The van der Waals surface area contributed by atoms with Gasteiger partial charge in [-0.15, -0.1) is 0 Å². The van der Waals surface area contributed by atoms with Crippen molar-refractivity contribution >= 4 is 6.08 Å². The zero-order chi connectivity index (χ0) is 17.5. The lowest BCUT2D eigenvalue weighted by molar-refractivity contribution is 0.300. The SMILES string of the molecule is COc1ccc(COc2c(/C=C/CO)cccc2C2CCCC2)cc1. The van der Waals surface area contributed by atoms with Crippen molar-refractivity contribution in [3.05, 3.63) is 65.2 Å². The molecule has 1 saturated carbocycles. The number of aliphatic hydroxyl groups is 1. The van der Waals surface area contributed by atoms with Crippen LogP contribution in [0.2, 0.25) is 0 Å². The Balaban J connectivity index is 1.84. The first-order valence-electron chi connectivity index (χ1n) is 8.98. The number of aliphatic hydroxyl groups excluding tert-OH is 1. The van der Waals surface area contributed by atoms with Crippen LogP contribution in [0.1, 0.15) is 48.3 Å². The molecule has 2 aromatic carbocycles. The minimum absolute atomic E-state index is 0.0333. The molecule has 0 aliphatic heterocycles. The number of rotatable bonds is 7. The fourth-order valence-corrected chi connectivity index (χ4v) is 3.49. The van der Waals surface area contributed by atoms with Gasteiger partial charge in [-0.1, -0.05) is 55.3 Å². The first kappa shape index (κ1) is 17.6. The lowest BCUT2D eigenvalue weighted by atomic mass is 9.94. The van der Waals surface area contributed by atoms with Crippen LogP contribution in [0.25, 0.3) is 6.08 Å². The average Bonchev–Trinajstić information content (AvgIpc) is 3.19. The maximum Gasteiger partial charge on any atom is 0.130 e. The topological polar surface area (TPSA) is 38.7 Å². The maximum absolute atomic E-state index is 9.12. The van der Waals surface area contributed by atoms with Crippen molar-refractivity contribution in [2.45, 2.75) is 38.2 Å². The number of hydrogen-bond acceptors (Lipinski definition) is 3. The van der Waals surface area contributed by atoms with Crippen LogP contribution in [0.4, 0.5) is 0 Å². The van der Waals surface area contributed by atoms with E-state index in [1.165, 1.54) is 31.2 Å². The minimum Gasteiger partial charge on any atom is -0.497 e. The molecule has 0 heterocycles. The van der Waals surface area contributed by atoms with E-state index in [-0.39, 0.29) is 6.61 Å². The summed E-state index contributed by atoms with van der Waals surface area (Å²) in [6.07, 6.45) is 8.74. The van der Waals surface area contributed by atoms with Gasteiger partial charge in [0.05, 0.1) is 13.7 Å². The van der Waals surface area contributed by atoms with Gasteiger partial charge in [-0.05, 0) is 42.0 Å². The molecule has 3 nitrogen and oxygen atoms in total. The molecular formula is C22H26O3. The summed E-state index contributed by atoms with van der Waals surface area (Å²) in [7, 11) is 1.67. The Bertz CT molecular complexity index is 698. The van der Waals surface area contributed by atoms with E-state index in [0.29, 0.717) is 12.5 Å². The smallest absolute Gasteiger partial charge is 0.130 e. The predicted molar refractivity (Wildman–Crippen MR) is 101 cm³/mol. The monoisotopic (exact) mass is 338 g/mol. The van der Waals surface area contributed by atoms with E-state index < -0.39 is 0 Å². The molecule has 0 amide bonds. The summed E-state index contributed by atoms with van der Waals surface area (Å²) in [5.41, 5.74) is 3.44. The highest BCUT2D eigenvalue weighted by atomic mass is 16.5. The molecule has 1 N–H and O–H groups in total. The van der Waals surface area contributed by atoms with Crippen LogP contribution in [0.5, 0.6) is 11.5 Å². The normalized spacial score (nSPS) is 15.0. The molecule has 0 bridgehead atoms. The Morgan fingerprint density at radius 1 is 1.08 bits per heavy atom. The Kier molecular flexibility index (Phi) is 6.13. The van der Waals surface area contributed by atoms with Crippen LogP contribution < -0.4 is 9.47 Å². The lowest BCUT2D eigenvalue weighted by Gasteiger charge is -2.18. The van der Waals surface area contributed by atoms with Gasteiger partial charge in [0, 0.05) is 5.56 Å². The molecular weight excluding hydrogens is 312 g/mol. The van der Waals surface area contributed by atoms with Gasteiger partial charge < -0.3 is 14.6 Å². The molecule has 0 unspecified atom stereocenters. The molecule has 1 fully saturated rings. The second-order valence-electron chi connectivity index (χ2n) is 6.47. The van der Waals surface area contributed by atoms with Crippen LogP contribution in [0.3, 0.4) is 0 Å². The van der Waals surface area contributed by atoms with Gasteiger partial charge in [0.15, 0.2) is 0 Å². The second-order valence-corrected chi connectivity index (χ2v) is 6.47. The van der Waals surface area contributed by atoms with Crippen molar-refractivity contribution in [2.24, 2.45) is 0 Å². The van der Waals surface area contributed by atoms with Gasteiger partial charge in [0.25, 0.3) is 0 Å². The predicted octanol–water partition coefficient (Wildman–Crippen LogP) is 4.94. The fraction of sp³-hybridized carbons (Fsp3) is 0.364. The van der Waals surface area contributed by atoms with Gasteiger partial charge in [0.1, 0.15) is 18.1 Å². The molecule has 132 valence electrons. The number of methoxy groups -OCH3 is 1. The molecule has 0 atom stereocenters. The Labute approximate surface area is 149 Å². The van der Waals surface area contributed by atoms with E-state index in [1.807, 2.05) is 36.4 Å². The van der Waals surface area contributed by atoms with Gasteiger partial charge in [-0.25, -0.2) is 0 Å². The minimum atomic E-state index is 0.0333. The third-order valence-electron chi connectivity index (χ3n) is 4.82. The number of ether oxygens (including phenoxy) is 2. The molecule has 25 heavy (non-hydrogen) atoms. The average molecular weight is 338 g/mol. The van der Waals surface area contributed by atoms with Crippen LogP contribution in [0.15, 0.2) is 48.5 Å². The van der Waals surface area contributed by atoms with E-state index in [2.05, 4.69) is 12.1 Å². The standard InChI is InChI=1S/C22H26O3/c1-24-20-13-11-17(12-14-20)16-25-22-19(9-5-15-23)8-4-10-21(22)18-6-2-3-7-18/h4-5,8-14,18,23H,2-3,6-7,15-16H2,1H3/b9-5+. The summed E-state index contributed by atoms with van der Waals surface area (Å²) < 4.78 is 11.5. The number of para-hydroxylation sites is 1. The zero-order valence-corrected chi connectivity index (χ0v) is 14.8. The highest BCUT2D eigenvalue weighted by Gasteiger charge is 2.22. The molecule has 1 aliphatic rings. The largest absolute Gasteiger partial charge is 0.497 e. The van der Waals surface area contributed by atoms with Gasteiger partial charge in [-0.3, -0.25) is 0 Å². The van der Waals surface area contributed by atoms with E-state index >= 15 is 0 Å². The van der Waals surface area contributed by atoms with Gasteiger partial charge >= 0.3 is 0 Å². The van der Waals surface area contributed by atoms with E-state index in [9.17, 15) is 0 Å². The fourth-order valence-electron chi connectivity index (χ4n) is 3.49. The van der Waals surface area contributed by atoms with Crippen LogP contribution >= 0.6 is 0 Å². The van der Waals surface area contributed by atoms with Crippen molar-refractivity contribution < 1.29 is 14.6 Å². The maximum atomic E-state index is 9.12. The third-order valence-corrected chi connectivity index (χ3v) is 4.82. The summed E-state index contributed by atoms with van der Waals surface area (Å²) in [6.45, 7) is 0.555. The van der Waals surface area contributed by atoms with Gasteiger partial charge in [0.2, 0.25) is 0 Å². The Morgan fingerprint density at radius 3 is 2.52 bits per heavy atom.